The highest BCUT2D eigenvalue weighted by Gasteiger charge is 2.18. The molecular weight excluding hydrogens is 218 g/mol. The molecule has 5 nitrogen and oxygen atoms in total. The minimum atomic E-state index is -0.0173. The highest BCUT2D eigenvalue weighted by molar-refractivity contribution is 5.78. The Balaban J connectivity index is 2.30. The van der Waals surface area contributed by atoms with Crippen LogP contribution in [0.4, 0.5) is 0 Å². The summed E-state index contributed by atoms with van der Waals surface area (Å²) in [7, 11) is 0. The van der Waals surface area contributed by atoms with Gasteiger partial charge in [0.2, 0.25) is 5.91 Å². The average Bonchev–Trinajstić information content (AvgIpc) is 2.79. The van der Waals surface area contributed by atoms with E-state index in [4.69, 9.17) is 5.11 Å². The lowest BCUT2D eigenvalue weighted by Crippen LogP contribution is -2.44. The summed E-state index contributed by atoms with van der Waals surface area (Å²) >= 11 is 0. The van der Waals surface area contributed by atoms with Gasteiger partial charge in [-0.1, -0.05) is 6.08 Å². The quantitative estimate of drug-likeness (QED) is 0.493. The molecule has 0 aromatic rings. The lowest BCUT2D eigenvalue weighted by atomic mass is 10.2. The van der Waals surface area contributed by atoms with Gasteiger partial charge >= 0.3 is 0 Å². The minimum Gasteiger partial charge on any atom is -0.395 e. The smallest absolute Gasteiger partial charge is 0.234 e. The lowest BCUT2D eigenvalue weighted by Gasteiger charge is -2.24. The van der Waals surface area contributed by atoms with Gasteiger partial charge in [0.25, 0.3) is 0 Å². The first-order valence-corrected chi connectivity index (χ1v) is 6.20. The van der Waals surface area contributed by atoms with Crippen molar-refractivity contribution in [2.45, 2.75) is 18.9 Å². The number of carbonyl (C=O) groups excluding carboxylic acids is 1. The molecule has 0 bridgehead atoms. The second kappa shape index (κ2) is 8.22. The molecule has 1 aliphatic rings. The molecule has 1 rings (SSSR count). The monoisotopic (exact) mass is 241 g/mol. The normalized spacial score (nSPS) is 19.5. The summed E-state index contributed by atoms with van der Waals surface area (Å²) in [5, 5.41) is 15.1. The van der Waals surface area contributed by atoms with E-state index in [1.807, 2.05) is 4.90 Å². The first kappa shape index (κ1) is 14.2. The van der Waals surface area contributed by atoms with Gasteiger partial charge in [-0.25, -0.2) is 0 Å². The zero-order valence-electron chi connectivity index (χ0n) is 10.3. The van der Waals surface area contributed by atoms with Crippen molar-refractivity contribution in [3.05, 3.63) is 12.7 Å². The molecule has 0 aromatic carbocycles. The van der Waals surface area contributed by atoms with E-state index in [1.54, 1.807) is 6.08 Å². The van der Waals surface area contributed by atoms with E-state index in [0.29, 0.717) is 25.7 Å². The fraction of sp³-hybridized carbons (Fsp3) is 0.750. The van der Waals surface area contributed by atoms with Crippen molar-refractivity contribution in [2.75, 3.05) is 39.3 Å². The number of nitrogens with zero attached hydrogens (tertiary/aromatic N) is 1. The van der Waals surface area contributed by atoms with Crippen LogP contribution in [-0.2, 0) is 4.79 Å². The molecule has 1 heterocycles. The predicted octanol–water partition coefficient (Wildman–Crippen LogP) is -0.665. The zero-order chi connectivity index (χ0) is 12.5. The molecule has 17 heavy (non-hydrogen) atoms. The Hall–Kier alpha value is -0.910. The van der Waals surface area contributed by atoms with Gasteiger partial charge in [0.05, 0.1) is 13.2 Å². The molecule has 0 spiro atoms. The number of aliphatic hydroxyl groups excluding tert-OH is 1. The van der Waals surface area contributed by atoms with Crippen LogP contribution in [0.5, 0.6) is 0 Å². The molecule has 98 valence electrons. The molecule has 1 atom stereocenters. The van der Waals surface area contributed by atoms with Crippen LogP contribution in [0.1, 0.15) is 12.8 Å². The average molecular weight is 241 g/mol. The van der Waals surface area contributed by atoms with Crippen molar-refractivity contribution < 1.29 is 9.90 Å². The summed E-state index contributed by atoms with van der Waals surface area (Å²) in [5.74, 6) is -0.0173. The fourth-order valence-corrected chi connectivity index (χ4v) is 2.05. The Kier molecular flexibility index (Phi) is 6.84. The van der Waals surface area contributed by atoms with E-state index in [0.717, 1.165) is 19.5 Å². The molecule has 1 unspecified atom stereocenters. The molecule has 3 N–H and O–H groups in total. The van der Waals surface area contributed by atoms with Gasteiger partial charge in [-0.2, -0.15) is 0 Å². The number of hydrogen-bond donors (Lipinski definition) is 3. The summed E-state index contributed by atoms with van der Waals surface area (Å²) in [6.45, 7) is 6.89. The van der Waals surface area contributed by atoms with Crippen molar-refractivity contribution in [2.24, 2.45) is 0 Å². The van der Waals surface area contributed by atoms with Crippen molar-refractivity contribution in [1.82, 2.24) is 15.5 Å². The van der Waals surface area contributed by atoms with Crippen LogP contribution >= 0.6 is 0 Å². The molecule has 5 heteroatoms. The van der Waals surface area contributed by atoms with Crippen molar-refractivity contribution >= 4 is 5.91 Å². The van der Waals surface area contributed by atoms with Gasteiger partial charge in [0, 0.05) is 25.7 Å². The molecule has 1 fully saturated rings. The van der Waals surface area contributed by atoms with Crippen LogP contribution in [0.15, 0.2) is 12.7 Å². The van der Waals surface area contributed by atoms with E-state index in [-0.39, 0.29) is 12.5 Å². The van der Waals surface area contributed by atoms with Gasteiger partial charge in [-0.3, -0.25) is 9.69 Å². The van der Waals surface area contributed by atoms with Crippen LogP contribution in [0.25, 0.3) is 0 Å². The van der Waals surface area contributed by atoms with E-state index < -0.39 is 0 Å². The number of nitrogens with one attached hydrogen (secondary N) is 2. The van der Waals surface area contributed by atoms with Crippen LogP contribution in [-0.4, -0.2) is 61.3 Å². The van der Waals surface area contributed by atoms with Gasteiger partial charge in [-0.15, -0.1) is 6.58 Å². The SMILES string of the molecule is C=CCNC(=O)CN(CCO)CC1CCCN1. The summed E-state index contributed by atoms with van der Waals surface area (Å²) in [5.41, 5.74) is 0. The first-order chi connectivity index (χ1) is 8.26. The molecule has 1 amide bonds. The van der Waals surface area contributed by atoms with Crippen molar-refractivity contribution in [1.29, 1.82) is 0 Å². The number of rotatable bonds is 8. The fourth-order valence-electron chi connectivity index (χ4n) is 2.05. The van der Waals surface area contributed by atoms with Gasteiger partial charge < -0.3 is 15.7 Å². The van der Waals surface area contributed by atoms with Crippen molar-refractivity contribution in [3.8, 4) is 0 Å². The van der Waals surface area contributed by atoms with Crippen LogP contribution in [0.2, 0.25) is 0 Å². The van der Waals surface area contributed by atoms with Crippen molar-refractivity contribution in [3.63, 3.8) is 0 Å². The van der Waals surface area contributed by atoms with Gasteiger partial charge in [0.1, 0.15) is 0 Å². The highest BCUT2D eigenvalue weighted by Crippen LogP contribution is 2.06. The molecule has 0 aromatic heterocycles. The summed E-state index contributed by atoms with van der Waals surface area (Å²) in [4.78, 5) is 13.5. The maximum absolute atomic E-state index is 11.6. The first-order valence-electron chi connectivity index (χ1n) is 6.20. The standard InChI is InChI=1S/C12H23N3O2/c1-2-5-14-12(17)10-15(7-8-16)9-11-4-3-6-13-11/h2,11,13,16H,1,3-10H2,(H,14,17). The van der Waals surface area contributed by atoms with E-state index in [2.05, 4.69) is 17.2 Å². The third kappa shape index (κ3) is 5.81. The third-order valence-corrected chi connectivity index (χ3v) is 2.87. The van der Waals surface area contributed by atoms with Crippen LogP contribution in [0.3, 0.4) is 0 Å². The Labute approximate surface area is 103 Å². The lowest BCUT2D eigenvalue weighted by molar-refractivity contribution is -0.122. The maximum atomic E-state index is 11.6. The Bertz CT molecular complexity index is 240. The topological polar surface area (TPSA) is 64.6 Å². The van der Waals surface area contributed by atoms with Crippen LogP contribution < -0.4 is 10.6 Å². The second-order valence-electron chi connectivity index (χ2n) is 4.34. The Morgan fingerprint density at radius 2 is 2.47 bits per heavy atom. The highest BCUT2D eigenvalue weighted by atomic mass is 16.3. The Morgan fingerprint density at radius 3 is 3.06 bits per heavy atom. The molecular formula is C12H23N3O2. The third-order valence-electron chi connectivity index (χ3n) is 2.87. The summed E-state index contributed by atoms with van der Waals surface area (Å²) in [6, 6.07) is 0.453. The Morgan fingerprint density at radius 1 is 1.65 bits per heavy atom. The molecule has 0 radical (unpaired) electrons. The molecule has 1 saturated heterocycles. The molecule has 0 saturated carbocycles. The molecule has 1 aliphatic heterocycles. The number of amides is 1. The number of aliphatic hydroxyl groups is 1. The van der Waals surface area contributed by atoms with E-state index in [1.165, 1.54) is 6.42 Å². The van der Waals surface area contributed by atoms with Crippen LogP contribution in [0, 0.1) is 0 Å². The second-order valence-corrected chi connectivity index (χ2v) is 4.34. The largest absolute Gasteiger partial charge is 0.395 e. The van der Waals surface area contributed by atoms with E-state index >= 15 is 0 Å². The van der Waals surface area contributed by atoms with Gasteiger partial charge in [-0.05, 0) is 19.4 Å². The molecule has 0 aliphatic carbocycles. The van der Waals surface area contributed by atoms with E-state index in [9.17, 15) is 4.79 Å². The predicted molar refractivity (Wildman–Crippen MR) is 67.8 cm³/mol. The summed E-state index contributed by atoms with van der Waals surface area (Å²) < 4.78 is 0. The van der Waals surface area contributed by atoms with Gasteiger partial charge in [0.15, 0.2) is 0 Å². The number of carbonyl (C=O) groups is 1. The minimum absolute atomic E-state index is 0.0173. The zero-order valence-corrected chi connectivity index (χ0v) is 10.3. The number of hydrogen-bond acceptors (Lipinski definition) is 4. The maximum Gasteiger partial charge on any atom is 0.234 e. The summed E-state index contributed by atoms with van der Waals surface area (Å²) in [6.07, 6.45) is 4.00.